The van der Waals surface area contributed by atoms with Crippen LogP contribution in [-0.4, -0.2) is 56.2 Å². The van der Waals surface area contributed by atoms with Gasteiger partial charge in [-0.2, -0.15) is 0 Å². The molecule has 1 aliphatic rings. The van der Waals surface area contributed by atoms with Gasteiger partial charge in [-0.1, -0.05) is 0 Å². The lowest BCUT2D eigenvalue weighted by Gasteiger charge is -2.31. The van der Waals surface area contributed by atoms with Crippen LogP contribution in [0, 0.1) is 0 Å². The van der Waals surface area contributed by atoms with E-state index < -0.39 is 0 Å². The number of nitrogens with zero attached hydrogens (tertiary/aromatic N) is 1. The molecule has 2 unspecified atom stereocenters. The van der Waals surface area contributed by atoms with Crippen LogP contribution in [-0.2, 0) is 9.53 Å². The SMILES string of the molecule is CNC(CCN1CCOC(C)C1)C(N)=O. The lowest BCUT2D eigenvalue weighted by atomic mass is 10.2. The van der Waals surface area contributed by atoms with Gasteiger partial charge in [-0.3, -0.25) is 9.69 Å². The predicted molar refractivity (Wildman–Crippen MR) is 58.5 cm³/mol. The van der Waals surface area contributed by atoms with Crippen molar-refractivity contribution >= 4 is 5.91 Å². The van der Waals surface area contributed by atoms with Gasteiger partial charge in [0.05, 0.1) is 18.8 Å². The zero-order chi connectivity index (χ0) is 11.3. The van der Waals surface area contributed by atoms with E-state index in [2.05, 4.69) is 17.1 Å². The number of primary amides is 1. The van der Waals surface area contributed by atoms with Crippen molar-refractivity contribution in [2.75, 3.05) is 33.3 Å². The largest absolute Gasteiger partial charge is 0.376 e. The molecule has 1 heterocycles. The molecule has 1 rings (SSSR count). The van der Waals surface area contributed by atoms with Crippen molar-refractivity contribution in [1.29, 1.82) is 0 Å². The number of carbonyl (C=O) groups excluding carboxylic acids is 1. The van der Waals surface area contributed by atoms with Crippen LogP contribution < -0.4 is 11.1 Å². The monoisotopic (exact) mass is 215 g/mol. The molecule has 15 heavy (non-hydrogen) atoms. The molecule has 2 atom stereocenters. The second kappa shape index (κ2) is 6.05. The van der Waals surface area contributed by atoms with Crippen LogP contribution in [0.15, 0.2) is 0 Å². The minimum absolute atomic E-state index is 0.219. The normalized spacial score (nSPS) is 25.1. The highest BCUT2D eigenvalue weighted by Gasteiger charge is 2.19. The average Bonchev–Trinajstić information content (AvgIpc) is 2.18. The number of likely N-dealkylation sites (N-methyl/N-ethyl adjacent to an activating group) is 1. The maximum atomic E-state index is 11.0. The van der Waals surface area contributed by atoms with E-state index in [0.717, 1.165) is 32.7 Å². The van der Waals surface area contributed by atoms with Crippen LogP contribution in [0.25, 0.3) is 0 Å². The Hall–Kier alpha value is -0.650. The summed E-state index contributed by atoms with van der Waals surface area (Å²) in [6.45, 7) is 5.62. The maximum absolute atomic E-state index is 11.0. The van der Waals surface area contributed by atoms with E-state index in [9.17, 15) is 4.79 Å². The van der Waals surface area contributed by atoms with Crippen molar-refractivity contribution in [3.05, 3.63) is 0 Å². The highest BCUT2D eigenvalue weighted by atomic mass is 16.5. The molecule has 88 valence electrons. The molecule has 0 aromatic rings. The van der Waals surface area contributed by atoms with E-state index in [1.807, 2.05) is 0 Å². The van der Waals surface area contributed by atoms with Crippen molar-refractivity contribution in [2.24, 2.45) is 5.73 Å². The molecule has 5 nitrogen and oxygen atoms in total. The molecule has 1 aliphatic heterocycles. The minimum atomic E-state index is -0.279. The molecule has 0 spiro atoms. The zero-order valence-electron chi connectivity index (χ0n) is 9.53. The third-order valence-electron chi connectivity index (χ3n) is 2.75. The first-order chi connectivity index (χ1) is 7.13. The highest BCUT2D eigenvalue weighted by molar-refractivity contribution is 5.79. The summed E-state index contributed by atoms with van der Waals surface area (Å²) in [5.41, 5.74) is 5.25. The fourth-order valence-electron chi connectivity index (χ4n) is 1.83. The summed E-state index contributed by atoms with van der Waals surface area (Å²) in [5.74, 6) is -0.279. The van der Waals surface area contributed by atoms with Gasteiger partial charge < -0.3 is 15.8 Å². The Morgan fingerprint density at radius 2 is 2.47 bits per heavy atom. The quantitative estimate of drug-likeness (QED) is 0.628. The average molecular weight is 215 g/mol. The number of nitrogens with one attached hydrogen (secondary N) is 1. The van der Waals surface area contributed by atoms with Gasteiger partial charge in [0.2, 0.25) is 5.91 Å². The van der Waals surface area contributed by atoms with E-state index in [1.54, 1.807) is 7.05 Å². The molecule has 0 aromatic heterocycles. The van der Waals surface area contributed by atoms with Crippen molar-refractivity contribution in [2.45, 2.75) is 25.5 Å². The van der Waals surface area contributed by atoms with Crippen molar-refractivity contribution < 1.29 is 9.53 Å². The van der Waals surface area contributed by atoms with Crippen molar-refractivity contribution in [3.8, 4) is 0 Å². The Labute approximate surface area is 90.9 Å². The maximum Gasteiger partial charge on any atom is 0.234 e. The Kier molecular flexibility index (Phi) is 5.01. The number of amides is 1. The Morgan fingerprint density at radius 1 is 1.73 bits per heavy atom. The minimum Gasteiger partial charge on any atom is -0.376 e. The third-order valence-corrected chi connectivity index (χ3v) is 2.75. The van der Waals surface area contributed by atoms with E-state index in [1.165, 1.54) is 0 Å². The first-order valence-electron chi connectivity index (χ1n) is 5.44. The zero-order valence-corrected chi connectivity index (χ0v) is 9.53. The molecule has 1 fully saturated rings. The Balaban J connectivity index is 2.26. The standard InChI is InChI=1S/C10H21N3O2/c1-8-7-13(5-6-15-8)4-3-9(12-2)10(11)14/h8-9,12H,3-7H2,1-2H3,(H2,11,14). The van der Waals surface area contributed by atoms with Crippen LogP contribution >= 0.6 is 0 Å². The summed E-state index contributed by atoms with van der Waals surface area (Å²) in [6, 6.07) is -0.219. The number of ether oxygens (including phenoxy) is 1. The molecule has 5 heteroatoms. The lowest BCUT2D eigenvalue weighted by molar-refractivity contribution is -0.120. The number of carbonyl (C=O) groups is 1. The molecule has 0 radical (unpaired) electrons. The van der Waals surface area contributed by atoms with E-state index in [0.29, 0.717) is 6.10 Å². The van der Waals surface area contributed by atoms with Gasteiger partial charge in [0.15, 0.2) is 0 Å². The number of hydrogen-bond donors (Lipinski definition) is 2. The van der Waals surface area contributed by atoms with Crippen LogP contribution in [0.2, 0.25) is 0 Å². The topological polar surface area (TPSA) is 67.6 Å². The van der Waals surface area contributed by atoms with Gasteiger partial charge in [-0.25, -0.2) is 0 Å². The Bertz CT molecular complexity index is 211. The van der Waals surface area contributed by atoms with Gasteiger partial charge in [0.25, 0.3) is 0 Å². The summed E-state index contributed by atoms with van der Waals surface area (Å²) in [7, 11) is 1.76. The second-order valence-electron chi connectivity index (χ2n) is 4.01. The van der Waals surface area contributed by atoms with Crippen LogP contribution in [0.3, 0.4) is 0 Å². The summed E-state index contributed by atoms with van der Waals surface area (Å²) in [5, 5.41) is 2.92. The van der Waals surface area contributed by atoms with Crippen LogP contribution in [0.4, 0.5) is 0 Å². The fraction of sp³-hybridized carbons (Fsp3) is 0.900. The van der Waals surface area contributed by atoms with Gasteiger partial charge in [-0.05, 0) is 20.4 Å². The molecule has 1 saturated heterocycles. The fourth-order valence-corrected chi connectivity index (χ4v) is 1.83. The molecule has 0 saturated carbocycles. The first-order valence-corrected chi connectivity index (χ1v) is 5.44. The number of nitrogens with two attached hydrogens (primary N) is 1. The molecule has 0 aliphatic carbocycles. The van der Waals surface area contributed by atoms with Crippen LogP contribution in [0.5, 0.6) is 0 Å². The van der Waals surface area contributed by atoms with Gasteiger partial charge in [-0.15, -0.1) is 0 Å². The first kappa shape index (κ1) is 12.4. The van der Waals surface area contributed by atoms with Crippen LogP contribution in [0.1, 0.15) is 13.3 Å². The van der Waals surface area contributed by atoms with E-state index in [4.69, 9.17) is 10.5 Å². The van der Waals surface area contributed by atoms with Gasteiger partial charge in [0, 0.05) is 19.6 Å². The molecular weight excluding hydrogens is 194 g/mol. The molecule has 0 aromatic carbocycles. The van der Waals surface area contributed by atoms with E-state index in [-0.39, 0.29) is 11.9 Å². The molecule has 0 bridgehead atoms. The summed E-state index contributed by atoms with van der Waals surface area (Å²) >= 11 is 0. The lowest BCUT2D eigenvalue weighted by Crippen LogP contribution is -2.45. The smallest absolute Gasteiger partial charge is 0.234 e. The second-order valence-corrected chi connectivity index (χ2v) is 4.01. The molecule has 3 N–H and O–H groups in total. The predicted octanol–water partition coefficient (Wildman–Crippen LogP) is -0.829. The third kappa shape index (κ3) is 4.15. The number of rotatable bonds is 5. The van der Waals surface area contributed by atoms with E-state index >= 15 is 0 Å². The molecule has 1 amide bonds. The van der Waals surface area contributed by atoms with Gasteiger partial charge in [0.1, 0.15) is 0 Å². The number of hydrogen-bond acceptors (Lipinski definition) is 4. The highest BCUT2D eigenvalue weighted by Crippen LogP contribution is 2.05. The molecular formula is C10H21N3O2. The van der Waals surface area contributed by atoms with Gasteiger partial charge >= 0.3 is 0 Å². The Morgan fingerprint density at radius 3 is 3.00 bits per heavy atom. The summed E-state index contributed by atoms with van der Waals surface area (Å²) < 4.78 is 5.44. The summed E-state index contributed by atoms with van der Waals surface area (Å²) in [4.78, 5) is 13.3. The summed E-state index contributed by atoms with van der Waals surface area (Å²) in [6.07, 6.45) is 1.05. The van der Waals surface area contributed by atoms with Crippen molar-refractivity contribution in [1.82, 2.24) is 10.2 Å². The van der Waals surface area contributed by atoms with Crippen molar-refractivity contribution in [3.63, 3.8) is 0 Å². The number of morpholine rings is 1.